The van der Waals surface area contributed by atoms with Gasteiger partial charge in [-0.1, -0.05) is 0 Å². The summed E-state index contributed by atoms with van der Waals surface area (Å²) in [5.41, 5.74) is 2.39. The first kappa shape index (κ1) is 9.21. The minimum absolute atomic E-state index is 0.770. The molecule has 0 aromatic carbocycles. The van der Waals surface area contributed by atoms with Gasteiger partial charge in [0.2, 0.25) is 0 Å². The predicted octanol–water partition coefficient (Wildman–Crippen LogP) is 3.02. The van der Waals surface area contributed by atoms with Crippen molar-refractivity contribution < 1.29 is 0 Å². The van der Waals surface area contributed by atoms with Crippen molar-refractivity contribution in [2.45, 2.75) is 18.8 Å². The largest absolute Gasteiger partial charge is 0.372 e. The van der Waals surface area contributed by atoms with Gasteiger partial charge in [0.05, 0.1) is 10.7 Å². The molecule has 0 atom stereocenters. The van der Waals surface area contributed by atoms with Crippen LogP contribution in [0.5, 0.6) is 0 Å². The third kappa shape index (κ3) is 1.53. The molecule has 4 heteroatoms. The third-order valence-corrected chi connectivity index (χ3v) is 3.42. The van der Waals surface area contributed by atoms with Gasteiger partial charge in [-0.3, -0.25) is 0 Å². The summed E-state index contributed by atoms with van der Waals surface area (Å²) in [6.07, 6.45) is 6.86. The zero-order valence-electron chi connectivity index (χ0n) is 8.50. The van der Waals surface area contributed by atoms with Crippen LogP contribution in [0.4, 0.5) is 5.82 Å². The Morgan fingerprint density at radius 1 is 1.47 bits per heavy atom. The number of hydrogen-bond donors (Lipinski definition) is 1. The quantitative estimate of drug-likeness (QED) is 0.905. The van der Waals surface area contributed by atoms with E-state index in [1.807, 2.05) is 13.2 Å². The number of anilines is 1. The highest BCUT2D eigenvalue weighted by atomic mass is 79.9. The molecule has 0 amide bonds. The van der Waals surface area contributed by atoms with Crippen LogP contribution < -0.4 is 5.32 Å². The van der Waals surface area contributed by atoms with E-state index in [0.717, 1.165) is 21.9 Å². The lowest BCUT2D eigenvalue weighted by molar-refractivity contribution is 1.05. The average molecular weight is 266 g/mol. The maximum absolute atomic E-state index is 4.46. The van der Waals surface area contributed by atoms with Crippen molar-refractivity contribution in [3.05, 3.63) is 28.5 Å². The summed E-state index contributed by atoms with van der Waals surface area (Å²) in [4.78, 5) is 4.46. The minimum Gasteiger partial charge on any atom is -0.372 e. The zero-order chi connectivity index (χ0) is 10.4. The molecule has 2 heterocycles. The van der Waals surface area contributed by atoms with Crippen molar-refractivity contribution in [3.63, 3.8) is 0 Å². The van der Waals surface area contributed by atoms with Gasteiger partial charge in [0.15, 0.2) is 5.65 Å². The molecule has 0 bridgehead atoms. The van der Waals surface area contributed by atoms with Crippen LogP contribution in [0.25, 0.3) is 5.65 Å². The van der Waals surface area contributed by atoms with E-state index in [1.54, 1.807) is 0 Å². The number of nitrogens with one attached hydrogen (secondary N) is 1. The molecule has 1 aliphatic carbocycles. The summed E-state index contributed by atoms with van der Waals surface area (Å²) >= 11 is 3.58. The van der Waals surface area contributed by atoms with E-state index in [1.165, 1.54) is 18.4 Å². The van der Waals surface area contributed by atoms with Gasteiger partial charge in [0.1, 0.15) is 5.82 Å². The second kappa shape index (κ2) is 3.23. The lowest BCUT2D eigenvalue weighted by atomic mass is 10.2. The minimum atomic E-state index is 0.770. The molecule has 0 saturated heterocycles. The normalized spacial score (nSPS) is 15.9. The summed E-state index contributed by atoms with van der Waals surface area (Å²) in [7, 11) is 1.89. The Hall–Kier alpha value is -1.03. The fraction of sp³-hybridized carbons (Fsp3) is 0.364. The van der Waals surface area contributed by atoms with Crippen molar-refractivity contribution in [1.82, 2.24) is 9.38 Å². The number of halogens is 1. The zero-order valence-corrected chi connectivity index (χ0v) is 10.1. The maximum atomic E-state index is 4.46. The standard InChI is InChI=1S/C11H12BrN3/c1-13-10-6-15-5-8(7-2-3-7)4-9(12)11(15)14-10/h4-7,13H,2-3H2,1H3. The van der Waals surface area contributed by atoms with E-state index >= 15 is 0 Å². The van der Waals surface area contributed by atoms with Gasteiger partial charge in [0, 0.05) is 13.2 Å². The van der Waals surface area contributed by atoms with E-state index < -0.39 is 0 Å². The van der Waals surface area contributed by atoms with Crippen molar-refractivity contribution in [2.75, 3.05) is 12.4 Å². The van der Waals surface area contributed by atoms with Crippen molar-refractivity contribution in [2.24, 2.45) is 0 Å². The molecule has 1 fully saturated rings. The molecule has 1 saturated carbocycles. The van der Waals surface area contributed by atoms with E-state index in [4.69, 9.17) is 0 Å². The Morgan fingerprint density at radius 3 is 2.93 bits per heavy atom. The first-order chi connectivity index (χ1) is 7.28. The molecule has 0 aliphatic heterocycles. The Balaban J connectivity index is 2.20. The van der Waals surface area contributed by atoms with Crippen molar-refractivity contribution in [3.8, 4) is 0 Å². The molecular weight excluding hydrogens is 254 g/mol. The highest BCUT2D eigenvalue weighted by molar-refractivity contribution is 9.10. The van der Waals surface area contributed by atoms with Crippen LogP contribution in [-0.4, -0.2) is 16.4 Å². The van der Waals surface area contributed by atoms with Crippen LogP contribution in [0, 0.1) is 0 Å². The number of nitrogens with zero attached hydrogens (tertiary/aromatic N) is 2. The Labute approximate surface area is 96.6 Å². The van der Waals surface area contributed by atoms with E-state index in [-0.39, 0.29) is 0 Å². The third-order valence-electron chi connectivity index (χ3n) is 2.83. The molecule has 3 nitrogen and oxygen atoms in total. The summed E-state index contributed by atoms with van der Waals surface area (Å²) in [6.45, 7) is 0. The summed E-state index contributed by atoms with van der Waals surface area (Å²) < 4.78 is 3.16. The van der Waals surface area contributed by atoms with E-state index in [2.05, 4.69) is 42.9 Å². The molecule has 78 valence electrons. The molecule has 1 aliphatic rings. The van der Waals surface area contributed by atoms with Gasteiger partial charge >= 0.3 is 0 Å². The smallest absolute Gasteiger partial charge is 0.153 e. The van der Waals surface area contributed by atoms with Crippen molar-refractivity contribution >= 4 is 27.4 Å². The molecular formula is C11H12BrN3. The lowest BCUT2D eigenvalue weighted by Gasteiger charge is -2.01. The lowest BCUT2D eigenvalue weighted by Crippen LogP contribution is -1.88. The molecule has 2 aromatic heterocycles. The topological polar surface area (TPSA) is 29.3 Å². The van der Waals surface area contributed by atoms with Gasteiger partial charge in [0.25, 0.3) is 0 Å². The van der Waals surface area contributed by atoms with Crippen LogP contribution in [0.2, 0.25) is 0 Å². The molecule has 2 aromatic rings. The molecule has 1 N–H and O–H groups in total. The summed E-state index contributed by atoms with van der Waals surface area (Å²) in [6, 6.07) is 2.19. The predicted molar refractivity (Wildman–Crippen MR) is 64.4 cm³/mol. The Kier molecular flexibility index (Phi) is 1.99. The number of rotatable bonds is 2. The second-order valence-corrected chi connectivity index (χ2v) is 4.86. The fourth-order valence-corrected chi connectivity index (χ4v) is 2.40. The van der Waals surface area contributed by atoms with Gasteiger partial charge in [-0.15, -0.1) is 0 Å². The van der Waals surface area contributed by atoms with E-state index in [0.29, 0.717) is 0 Å². The van der Waals surface area contributed by atoms with Gasteiger partial charge < -0.3 is 9.72 Å². The van der Waals surface area contributed by atoms with Gasteiger partial charge in [-0.25, -0.2) is 4.98 Å². The molecule has 3 rings (SSSR count). The number of aromatic nitrogens is 2. The van der Waals surface area contributed by atoms with Crippen molar-refractivity contribution in [1.29, 1.82) is 0 Å². The Bertz CT molecular complexity index is 514. The first-order valence-electron chi connectivity index (χ1n) is 5.14. The summed E-state index contributed by atoms with van der Waals surface area (Å²) in [5, 5.41) is 3.06. The monoisotopic (exact) mass is 265 g/mol. The molecule has 0 spiro atoms. The summed E-state index contributed by atoms with van der Waals surface area (Å²) in [5.74, 6) is 1.68. The van der Waals surface area contributed by atoms with E-state index in [9.17, 15) is 0 Å². The Morgan fingerprint density at radius 2 is 2.27 bits per heavy atom. The highest BCUT2D eigenvalue weighted by Crippen LogP contribution is 2.41. The number of pyridine rings is 1. The molecule has 0 unspecified atom stereocenters. The molecule has 0 radical (unpaired) electrons. The number of hydrogen-bond acceptors (Lipinski definition) is 2. The van der Waals surface area contributed by atoms with Gasteiger partial charge in [-0.05, 0) is 46.3 Å². The fourth-order valence-electron chi connectivity index (χ4n) is 1.84. The maximum Gasteiger partial charge on any atom is 0.153 e. The van der Waals surface area contributed by atoms with Gasteiger partial charge in [-0.2, -0.15) is 0 Å². The first-order valence-corrected chi connectivity index (χ1v) is 5.93. The van der Waals surface area contributed by atoms with Crippen LogP contribution in [0.3, 0.4) is 0 Å². The highest BCUT2D eigenvalue weighted by Gasteiger charge is 2.24. The van der Waals surface area contributed by atoms with Crippen LogP contribution in [0.15, 0.2) is 22.9 Å². The second-order valence-electron chi connectivity index (χ2n) is 4.00. The van der Waals surface area contributed by atoms with Crippen LogP contribution in [-0.2, 0) is 0 Å². The van der Waals surface area contributed by atoms with Crippen LogP contribution in [0.1, 0.15) is 24.3 Å². The molecule has 15 heavy (non-hydrogen) atoms. The number of imidazole rings is 1. The average Bonchev–Trinajstić information content (AvgIpc) is 2.98. The van der Waals surface area contributed by atoms with Crippen LogP contribution >= 0.6 is 15.9 Å². The SMILES string of the molecule is CNc1cn2cc(C3CC3)cc(Br)c2n1. The number of fused-ring (bicyclic) bond motifs is 1.